The number of benzene rings is 1. The normalized spacial score (nSPS) is 20.5. The van der Waals surface area contributed by atoms with Crippen LogP contribution in [0.5, 0.6) is 0 Å². The van der Waals surface area contributed by atoms with E-state index < -0.39 is 14.8 Å². The molecule has 0 amide bonds. The van der Waals surface area contributed by atoms with E-state index in [-0.39, 0.29) is 23.2 Å². The first-order valence-electron chi connectivity index (χ1n) is 6.84. The van der Waals surface area contributed by atoms with Gasteiger partial charge in [-0.15, -0.1) is 0 Å². The first-order chi connectivity index (χ1) is 9.96. The maximum absolute atomic E-state index is 11.3. The molecule has 0 aliphatic carbocycles. The number of nitro groups is 1. The van der Waals surface area contributed by atoms with E-state index in [1.807, 2.05) is 0 Å². The predicted octanol–water partition coefficient (Wildman–Crippen LogP) is 0.461. The second-order valence-corrected chi connectivity index (χ2v) is 7.38. The van der Waals surface area contributed by atoms with Gasteiger partial charge in [-0.05, 0) is 12.0 Å². The highest BCUT2D eigenvalue weighted by Gasteiger charge is 2.26. The number of rotatable bonds is 7. The number of non-ortho nitro benzene ring substituents is 1. The topological polar surface area (TPSA) is 101 Å². The molecule has 0 aromatic heterocycles. The van der Waals surface area contributed by atoms with Crippen molar-refractivity contribution in [3.63, 3.8) is 0 Å². The third-order valence-corrected chi connectivity index (χ3v) is 5.21. The summed E-state index contributed by atoms with van der Waals surface area (Å²) in [6.45, 7) is 2.04. The Morgan fingerprint density at radius 3 is 2.52 bits per heavy atom. The zero-order valence-electron chi connectivity index (χ0n) is 11.6. The average molecular weight is 313 g/mol. The van der Waals surface area contributed by atoms with Crippen molar-refractivity contribution in [2.45, 2.75) is 19.0 Å². The molecule has 0 radical (unpaired) electrons. The smallest absolute Gasteiger partial charge is 0.269 e. The Labute approximate surface area is 123 Å². The van der Waals surface area contributed by atoms with Gasteiger partial charge in [-0.3, -0.25) is 10.1 Å². The highest BCUT2D eigenvalue weighted by molar-refractivity contribution is 7.91. The molecule has 1 fully saturated rings. The van der Waals surface area contributed by atoms with Crippen molar-refractivity contribution in [2.24, 2.45) is 0 Å². The minimum atomic E-state index is -2.83. The second-order valence-electron chi connectivity index (χ2n) is 5.15. The van der Waals surface area contributed by atoms with E-state index in [1.54, 1.807) is 12.1 Å². The molecule has 1 atom stereocenters. The van der Waals surface area contributed by atoms with Crippen LogP contribution in [0.15, 0.2) is 24.3 Å². The molecule has 2 rings (SSSR count). The summed E-state index contributed by atoms with van der Waals surface area (Å²) < 4.78 is 22.6. The third-order valence-electron chi connectivity index (χ3n) is 3.44. The SMILES string of the molecule is O=[N+]([O-])c1ccc(CNCCN[C@@H]2CCS(=O)(=O)C2)cc1. The Morgan fingerprint density at radius 2 is 1.95 bits per heavy atom. The molecule has 2 N–H and O–H groups in total. The monoisotopic (exact) mass is 313 g/mol. The van der Waals surface area contributed by atoms with Crippen LogP contribution in [-0.4, -0.2) is 44.0 Å². The van der Waals surface area contributed by atoms with Crippen molar-refractivity contribution in [1.82, 2.24) is 10.6 Å². The molecule has 1 aliphatic heterocycles. The van der Waals surface area contributed by atoms with Gasteiger partial charge in [-0.1, -0.05) is 12.1 Å². The molecular weight excluding hydrogens is 294 g/mol. The van der Waals surface area contributed by atoms with Crippen LogP contribution in [-0.2, 0) is 16.4 Å². The van der Waals surface area contributed by atoms with Crippen LogP contribution in [0.1, 0.15) is 12.0 Å². The lowest BCUT2D eigenvalue weighted by atomic mass is 10.2. The van der Waals surface area contributed by atoms with Gasteiger partial charge in [0.2, 0.25) is 0 Å². The second kappa shape index (κ2) is 6.97. The van der Waals surface area contributed by atoms with Gasteiger partial charge < -0.3 is 10.6 Å². The summed E-state index contributed by atoms with van der Waals surface area (Å²) in [5, 5.41) is 17.0. The van der Waals surface area contributed by atoms with Crippen LogP contribution >= 0.6 is 0 Å². The van der Waals surface area contributed by atoms with Crippen LogP contribution in [0.2, 0.25) is 0 Å². The summed E-state index contributed by atoms with van der Waals surface area (Å²) in [7, 11) is -2.83. The van der Waals surface area contributed by atoms with Crippen LogP contribution in [0, 0.1) is 10.1 Å². The van der Waals surface area contributed by atoms with Crippen molar-refractivity contribution in [3.05, 3.63) is 39.9 Å². The van der Waals surface area contributed by atoms with Crippen molar-refractivity contribution in [3.8, 4) is 0 Å². The minimum absolute atomic E-state index is 0.0659. The molecule has 0 spiro atoms. The largest absolute Gasteiger partial charge is 0.312 e. The van der Waals surface area contributed by atoms with E-state index >= 15 is 0 Å². The molecule has 1 aromatic carbocycles. The molecular formula is C13H19N3O4S. The van der Waals surface area contributed by atoms with Gasteiger partial charge in [-0.2, -0.15) is 0 Å². The highest BCUT2D eigenvalue weighted by Crippen LogP contribution is 2.12. The Hall–Kier alpha value is -1.51. The Morgan fingerprint density at radius 1 is 1.24 bits per heavy atom. The maximum atomic E-state index is 11.3. The van der Waals surface area contributed by atoms with Crippen molar-refractivity contribution in [2.75, 3.05) is 24.6 Å². The molecule has 8 heteroatoms. The van der Waals surface area contributed by atoms with Crippen molar-refractivity contribution in [1.29, 1.82) is 0 Å². The standard InChI is InChI=1S/C13H19N3O4S/c17-16(18)13-3-1-11(2-4-13)9-14-6-7-15-12-5-8-21(19,20)10-12/h1-4,12,14-15H,5-10H2/t12-/m1/s1. The lowest BCUT2D eigenvalue weighted by Crippen LogP contribution is -2.35. The summed E-state index contributed by atoms with van der Waals surface area (Å²) in [5.41, 5.74) is 1.06. The minimum Gasteiger partial charge on any atom is -0.312 e. The summed E-state index contributed by atoms with van der Waals surface area (Å²) in [6.07, 6.45) is 0.685. The molecule has 1 aliphatic rings. The molecule has 1 aromatic rings. The van der Waals surface area contributed by atoms with Gasteiger partial charge in [0.05, 0.1) is 16.4 Å². The number of nitro benzene ring substituents is 1. The zero-order chi connectivity index (χ0) is 15.3. The van der Waals surface area contributed by atoms with Gasteiger partial charge in [0.25, 0.3) is 5.69 Å². The van der Waals surface area contributed by atoms with E-state index in [0.717, 1.165) is 5.56 Å². The van der Waals surface area contributed by atoms with E-state index in [0.29, 0.717) is 26.1 Å². The van der Waals surface area contributed by atoms with Gasteiger partial charge in [-0.25, -0.2) is 8.42 Å². The van der Waals surface area contributed by atoms with Gasteiger partial charge in [0.1, 0.15) is 0 Å². The lowest BCUT2D eigenvalue weighted by Gasteiger charge is -2.11. The van der Waals surface area contributed by atoms with Crippen LogP contribution in [0.4, 0.5) is 5.69 Å². The number of hydrogen-bond donors (Lipinski definition) is 2. The predicted molar refractivity (Wildman–Crippen MR) is 79.9 cm³/mol. The fourth-order valence-electron chi connectivity index (χ4n) is 2.29. The van der Waals surface area contributed by atoms with E-state index in [1.165, 1.54) is 12.1 Å². The van der Waals surface area contributed by atoms with Crippen LogP contribution in [0.3, 0.4) is 0 Å². The van der Waals surface area contributed by atoms with E-state index in [9.17, 15) is 18.5 Å². The fourth-order valence-corrected chi connectivity index (χ4v) is 4.00. The first kappa shape index (κ1) is 15.9. The average Bonchev–Trinajstić information content (AvgIpc) is 2.78. The fraction of sp³-hybridized carbons (Fsp3) is 0.538. The van der Waals surface area contributed by atoms with Gasteiger partial charge in [0, 0.05) is 37.8 Å². The summed E-state index contributed by atoms with van der Waals surface area (Å²) in [6, 6.07) is 6.48. The van der Waals surface area contributed by atoms with E-state index in [4.69, 9.17) is 0 Å². The molecule has 116 valence electrons. The first-order valence-corrected chi connectivity index (χ1v) is 8.66. The molecule has 0 saturated carbocycles. The van der Waals surface area contributed by atoms with Crippen LogP contribution < -0.4 is 10.6 Å². The molecule has 0 unspecified atom stereocenters. The molecule has 1 saturated heterocycles. The Bertz CT molecular complexity index is 586. The number of hydrogen-bond acceptors (Lipinski definition) is 6. The summed E-state index contributed by atoms with van der Waals surface area (Å²) in [5.74, 6) is 0.510. The quantitative estimate of drug-likeness (QED) is 0.431. The number of sulfone groups is 1. The summed E-state index contributed by atoms with van der Waals surface area (Å²) >= 11 is 0. The zero-order valence-corrected chi connectivity index (χ0v) is 12.4. The van der Waals surface area contributed by atoms with E-state index in [2.05, 4.69) is 10.6 Å². The lowest BCUT2D eigenvalue weighted by molar-refractivity contribution is -0.384. The van der Waals surface area contributed by atoms with Gasteiger partial charge >= 0.3 is 0 Å². The molecule has 21 heavy (non-hydrogen) atoms. The highest BCUT2D eigenvalue weighted by atomic mass is 32.2. The van der Waals surface area contributed by atoms with Crippen molar-refractivity contribution < 1.29 is 13.3 Å². The Balaban J connectivity index is 1.63. The van der Waals surface area contributed by atoms with Crippen molar-refractivity contribution >= 4 is 15.5 Å². The van der Waals surface area contributed by atoms with Gasteiger partial charge in [0.15, 0.2) is 9.84 Å². The van der Waals surface area contributed by atoms with Crippen LogP contribution in [0.25, 0.3) is 0 Å². The third kappa shape index (κ3) is 5.07. The Kier molecular flexibility index (Phi) is 5.27. The number of nitrogens with zero attached hydrogens (tertiary/aromatic N) is 1. The summed E-state index contributed by atoms with van der Waals surface area (Å²) in [4.78, 5) is 10.1. The molecule has 0 bridgehead atoms. The maximum Gasteiger partial charge on any atom is 0.269 e. The number of nitrogens with one attached hydrogen (secondary N) is 2. The molecule has 1 heterocycles. The molecule has 7 nitrogen and oxygen atoms in total.